The molecule has 6 heteroatoms. The van der Waals surface area contributed by atoms with Crippen LogP contribution in [0.15, 0.2) is 35.2 Å². The highest BCUT2D eigenvalue weighted by molar-refractivity contribution is 7.89. The van der Waals surface area contributed by atoms with Gasteiger partial charge in [-0.15, -0.1) is 0 Å². The van der Waals surface area contributed by atoms with E-state index in [4.69, 9.17) is 0 Å². The number of rotatable bonds is 5. The molecule has 166 valence electrons. The van der Waals surface area contributed by atoms with Crippen LogP contribution in [0.4, 0.5) is 0 Å². The zero-order chi connectivity index (χ0) is 21.5. The predicted octanol–water partition coefficient (Wildman–Crippen LogP) is 4.29. The first-order chi connectivity index (χ1) is 14.2. The lowest BCUT2D eigenvalue weighted by Crippen LogP contribution is -2.51. The summed E-state index contributed by atoms with van der Waals surface area (Å²) < 4.78 is 27.4. The van der Waals surface area contributed by atoms with Crippen LogP contribution in [0, 0.1) is 17.3 Å². The van der Waals surface area contributed by atoms with Gasteiger partial charge in [-0.3, -0.25) is 4.79 Å². The molecule has 2 atom stereocenters. The highest BCUT2D eigenvalue weighted by Crippen LogP contribution is 2.44. The Morgan fingerprint density at radius 1 is 1.00 bits per heavy atom. The van der Waals surface area contributed by atoms with Crippen LogP contribution in [-0.4, -0.2) is 48.7 Å². The van der Waals surface area contributed by atoms with Crippen LogP contribution in [0.5, 0.6) is 0 Å². The lowest BCUT2D eigenvalue weighted by atomic mass is 9.70. The van der Waals surface area contributed by atoms with Crippen molar-refractivity contribution in [2.75, 3.05) is 13.1 Å². The molecule has 1 amide bonds. The second-order valence-corrected chi connectivity index (χ2v) is 12.5. The molecule has 3 fully saturated rings. The third-order valence-electron chi connectivity index (χ3n) is 7.14. The minimum atomic E-state index is -3.47. The van der Waals surface area contributed by atoms with Gasteiger partial charge in [-0.05, 0) is 68.4 Å². The van der Waals surface area contributed by atoms with Crippen molar-refractivity contribution in [2.24, 2.45) is 17.3 Å². The summed E-state index contributed by atoms with van der Waals surface area (Å²) in [5.41, 5.74) is 0.281. The number of nitrogens with zero attached hydrogens (tertiary/aromatic N) is 2. The van der Waals surface area contributed by atoms with Gasteiger partial charge in [0.15, 0.2) is 0 Å². The smallest absolute Gasteiger partial charge is 0.243 e. The molecule has 1 heterocycles. The van der Waals surface area contributed by atoms with E-state index in [-0.39, 0.29) is 17.2 Å². The van der Waals surface area contributed by atoms with Gasteiger partial charge < -0.3 is 4.90 Å². The third-order valence-corrected chi connectivity index (χ3v) is 9.05. The maximum atomic E-state index is 13.6. The van der Waals surface area contributed by atoms with Gasteiger partial charge in [0.2, 0.25) is 15.9 Å². The average molecular weight is 433 g/mol. The normalized spacial score (nSPS) is 28.2. The number of carbonyl (C=O) groups is 1. The van der Waals surface area contributed by atoms with Crippen molar-refractivity contribution in [1.29, 1.82) is 0 Å². The minimum absolute atomic E-state index is 0.0480. The van der Waals surface area contributed by atoms with Gasteiger partial charge in [-0.2, -0.15) is 4.31 Å². The first-order valence-corrected chi connectivity index (χ1v) is 13.0. The summed E-state index contributed by atoms with van der Waals surface area (Å²) in [4.78, 5) is 16.2. The molecule has 1 aromatic rings. The summed E-state index contributed by atoms with van der Waals surface area (Å²) in [6.45, 7) is 7.84. The van der Waals surface area contributed by atoms with E-state index in [0.29, 0.717) is 48.8 Å². The Kier molecular flexibility index (Phi) is 6.01. The van der Waals surface area contributed by atoms with Crippen molar-refractivity contribution >= 4 is 15.9 Å². The van der Waals surface area contributed by atoms with E-state index in [1.54, 1.807) is 28.6 Å². The maximum Gasteiger partial charge on any atom is 0.243 e. The van der Waals surface area contributed by atoms with Crippen molar-refractivity contribution in [3.8, 4) is 0 Å². The molecule has 2 aliphatic carbocycles. The number of hydrogen-bond donors (Lipinski definition) is 0. The van der Waals surface area contributed by atoms with Crippen LogP contribution < -0.4 is 0 Å². The van der Waals surface area contributed by atoms with E-state index in [2.05, 4.69) is 25.7 Å². The molecule has 3 aliphatic rings. The van der Waals surface area contributed by atoms with Crippen LogP contribution >= 0.6 is 0 Å². The van der Waals surface area contributed by atoms with Crippen LogP contribution in [0.25, 0.3) is 0 Å². The van der Waals surface area contributed by atoms with Crippen LogP contribution in [0.1, 0.15) is 65.7 Å². The lowest BCUT2D eigenvalue weighted by Gasteiger charge is -2.45. The quantitative estimate of drug-likeness (QED) is 0.697. The molecule has 1 aromatic carbocycles. The zero-order valence-electron chi connectivity index (χ0n) is 18.6. The van der Waals surface area contributed by atoms with Gasteiger partial charge in [0, 0.05) is 31.1 Å². The van der Waals surface area contributed by atoms with E-state index < -0.39 is 10.0 Å². The Balaban J connectivity index is 1.43. The largest absolute Gasteiger partial charge is 0.336 e. The molecule has 30 heavy (non-hydrogen) atoms. The minimum Gasteiger partial charge on any atom is -0.336 e. The Bertz CT molecular complexity index is 856. The summed E-state index contributed by atoms with van der Waals surface area (Å²) in [6, 6.07) is 9.38. The van der Waals surface area contributed by atoms with Gasteiger partial charge in [-0.25, -0.2) is 8.42 Å². The number of hydrogen-bond acceptors (Lipinski definition) is 3. The Morgan fingerprint density at radius 3 is 2.20 bits per heavy atom. The summed E-state index contributed by atoms with van der Waals surface area (Å²) in [6.07, 6.45) is 6.91. The number of amides is 1. The van der Waals surface area contributed by atoms with E-state index in [0.717, 1.165) is 25.7 Å². The summed E-state index contributed by atoms with van der Waals surface area (Å²) in [5, 5.41) is 0. The fourth-order valence-electron chi connectivity index (χ4n) is 5.81. The van der Waals surface area contributed by atoms with Gasteiger partial charge in [0.05, 0.1) is 4.90 Å². The van der Waals surface area contributed by atoms with Gasteiger partial charge in [-0.1, -0.05) is 39.0 Å². The molecule has 1 saturated heterocycles. The first kappa shape index (κ1) is 21.8. The number of sulfonamides is 1. The number of benzene rings is 1. The SMILES string of the molecule is C[C@H]1C[C@H](N(C(=O)C2CCN(S(=O)(=O)c3ccccc3)CC2)C2CC2)CC(C)(C)C1. The predicted molar refractivity (Wildman–Crippen MR) is 118 cm³/mol. The number of carbonyl (C=O) groups excluding carboxylic acids is 1. The van der Waals surface area contributed by atoms with Crippen LogP contribution in [-0.2, 0) is 14.8 Å². The molecule has 0 radical (unpaired) electrons. The molecule has 1 aliphatic heterocycles. The van der Waals surface area contributed by atoms with E-state index >= 15 is 0 Å². The van der Waals surface area contributed by atoms with Crippen molar-refractivity contribution in [3.63, 3.8) is 0 Å². The van der Waals surface area contributed by atoms with E-state index in [1.165, 1.54) is 6.42 Å². The van der Waals surface area contributed by atoms with Crippen molar-refractivity contribution < 1.29 is 13.2 Å². The highest BCUT2D eigenvalue weighted by atomic mass is 32.2. The second-order valence-electron chi connectivity index (χ2n) is 10.5. The fourth-order valence-corrected chi connectivity index (χ4v) is 7.30. The van der Waals surface area contributed by atoms with Crippen molar-refractivity contribution in [3.05, 3.63) is 30.3 Å². The summed E-state index contributed by atoms with van der Waals surface area (Å²) >= 11 is 0. The topological polar surface area (TPSA) is 57.7 Å². The Hall–Kier alpha value is -1.40. The van der Waals surface area contributed by atoms with Crippen molar-refractivity contribution in [2.45, 2.75) is 82.7 Å². The average Bonchev–Trinajstić information content (AvgIpc) is 3.52. The van der Waals surface area contributed by atoms with Crippen molar-refractivity contribution in [1.82, 2.24) is 9.21 Å². The second kappa shape index (κ2) is 8.27. The molecule has 4 rings (SSSR count). The van der Waals surface area contributed by atoms with Crippen LogP contribution in [0.2, 0.25) is 0 Å². The molecule has 0 N–H and O–H groups in total. The standard InChI is InChI=1S/C24H36N2O3S/c1-18-15-21(17-24(2,3)16-18)26(20-9-10-20)23(27)19-11-13-25(14-12-19)30(28,29)22-7-5-4-6-8-22/h4-8,18-21H,9-17H2,1-3H3/t18-,21-/m0/s1. The van der Waals surface area contributed by atoms with Gasteiger partial charge >= 0.3 is 0 Å². The lowest BCUT2D eigenvalue weighted by molar-refractivity contribution is -0.142. The first-order valence-electron chi connectivity index (χ1n) is 11.5. The van der Waals surface area contributed by atoms with Gasteiger partial charge in [0.1, 0.15) is 0 Å². The monoisotopic (exact) mass is 432 g/mol. The third kappa shape index (κ3) is 4.59. The summed E-state index contributed by atoms with van der Waals surface area (Å²) in [5.74, 6) is 0.878. The van der Waals surface area contributed by atoms with E-state index in [1.807, 2.05) is 6.07 Å². The van der Waals surface area contributed by atoms with Crippen LogP contribution in [0.3, 0.4) is 0 Å². The molecule has 0 unspecified atom stereocenters. The highest BCUT2D eigenvalue weighted by Gasteiger charge is 2.45. The summed E-state index contributed by atoms with van der Waals surface area (Å²) in [7, 11) is -3.47. The molecular weight excluding hydrogens is 396 g/mol. The fraction of sp³-hybridized carbons (Fsp3) is 0.708. The zero-order valence-corrected chi connectivity index (χ0v) is 19.4. The van der Waals surface area contributed by atoms with Gasteiger partial charge in [0.25, 0.3) is 0 Å². The molecule has 0 spiro atoms. The molecular formula is C24H36N2O3S. The maximum absolute atomic E-state index is 13.6. The Morgan fingerprint density at radius 2 is 1.63 bits per heavy atom. The molecule has 5 nitrogen and oxygen atoms in total. The number of piperidine rings is 1. The molecule has 2 saturated carbocycles. The molecule has 0 bridgehead atoms. The molecule has 0 aromatic heterocycles. The Labute approximate surface area is 181 Å². The van der Waals surface area contributed by atoms with E-state index in [9.17, 15) is 13.2 Å².